The number of hydrogen-bond acceptors (Lipinski definition) is 4. The van der Waals surface area contributed by atoms with E-state index in [1.807, 2.05) is 0 Å². The summed E-state index contributed by atoms with van der Waals surface area (Å²) < 4.78 is 2.12. The number of aromatic nitrogens is 5. The zero-order chi connectivity index (χ0) is 15.0. The van der Waals surface area contributed by atoms with E-state index >= 15 is 0 Å². The van der Waals surface area contributed by atoms with Crippen molar-refractivity contribution < 1.29 is 0 Å². The number of nitrogens with one attached hydrogen (secondary N) is 2. The fourth-order valence-electron chi connectivity index (χ4n) is 2.72. The van der Waals surface area contributed by atoms with Gasteiger partial charge in [0, 0.05) is 31.1 Å². The van der Waals surface area contributed by atoms with Gasteiger partial charge >= 0.3 is 5.69 Å². The van der Waals surface area contributed by atoms with Gasteiger partial charge in [0.15, 0.2) is 0 Å². The summed E-state index contributed by atoms with van der Waals surface area (Å²) >= 11 is 0. The third-order valence-corrected chi connectivity index (χ3v) is 4.11. The van der Waals surface area contributed by atoms with Crippen LogP contribution >= 0.6 is 0 Å². The second-order valence-corrected chi connectivity index (χ2v) is 6.39. The summed E-state index contributed by atoms with van der Waals surface area (Å²) in [5, 5.41) is 8.48. The number of nitrogens with zero attached hydrogens (tertiary/aromatic N) is 3. The SMILES string of the molecule is CC1(C)CCc2nnc(Cc3cc(=O)[nH]c(=O)[nH]3)n2CC1. The molecule has 0 radical (unpaired) electrons. The van der Waals surface area contributed by atoms with E-state index in [4.69, 9.17) is 0 Å². The van der Waals surface area contributed by atoms with E-state index in [0.29, 0.717) is 17.5 Å². The molecule has 0 unspecified atom stereocenters. The number of hydrogen-bond donors (Lipinski definition) is 2. The third kappa shape index (κ3) is 2.96. The number of H-pyrrole nitrogens is 2. The molecule has 1 aliphatic rings. The quantitative estimate of drug-likeness (QED) is 0.846. The summed E-state index contributed by atoms with van der Waals surface area (Å²) in [5.74, 6) is 1.78. The van der Waals surface area contributed by atoms with E-state index in [0.717, 1.165) is 37.5 Å². The first-order chi connectivity index (χ1) is 9.93. The smallest absolute Gasteiger partial charge is 0.315 e. The Kier molecular flexibility index (Phi) is 3.27. The Balaban J connectivity index is 1.90. The number of aromatic amines is 2. The lowest BCUT2D eigenvalue weighted by atomic mass is 9.85. The highest BCUT2D eigenvalue weighted by atomic mass is 16.2. The maximum absolute atomic E-state index is 11.4. The van der Waals surface area contributed by atoms with Crippen LogP contribution in [-0.2, 0) is 19.4 Å². The minimum absolute atomic E-state index is 0.302. The summed E-state index contributed by atoms with van der Waals surface area (Å²) in [6.45, 7) is 5.40. The van der Waals surface area contributed by atoms with Gasteiger partial charge in [-0.25, -0.2) is 4.79 Å². The van der Waals surface area contributed by atoms with E-state index in [9.17, 15) is 9.59 Å². The van der Waals surface area contributed by atoms with Gasteiger partial charge in [-0.05, 0) is 18.3 Å². The van der Waals surface area contributed by atoms with Gasteiger partial charge in [0.25, 0.3) is 5.56 Å². The summed E-state index contributed by atoms with van der Waals surface area (Å²) in [5.41, 5.74) is -0.0295. The Labute approximate surface area is 121 Å². The number of rotatable bonds is 2. The number of aryl methyl sites for hydroxylation is 1. The fourth-order valence-corrected chi connectivity index (χ4v) is 2.72. The first-order valence-corrected chi connectivity index (χ1v) is 7.16. The zero-order valence-corrected chi connectivity index (χ0v) is 12.3. The molecule has 2 aromatic heterocycles. The van der Waals surface area contributed by atoms with Crippen LogP contribution < -0.4 is 11.2 Å². The lowest BCUT2D eigenvalue weighted by molar-refractivity contribution is 0.305. The predicted molar refractivity (Wildman–Crippen MR) is 77.2 cm³/mol. The van der Waals surface area contributed by atoms with E-state index < -0.39 is 11.2 Å². The summed E-state index contributed by atoms with van der Waals surface area (Å²) in [6.07, 6.45) is 3.47. The molecule has 0 amide bonds. The molecular weight excluding hydrogens is 270 g/mol. The van der Waals surface area contributed by atoms with Gasteiger partial charge in [-0.2, -0.15) is 0 Å². The second-order valence-electron chi connectivity index (χ2n) is 6.39. The van der Waals surface area contributed by atoms with Gasteiger partial charge < -0.3 is 9.55 Å². The highest BCUT2D eigenvalue weighted by molar-refractivity contribution is 5.10. The van der Waals surface area contributed by atoms with Gasteiger partial charge in [0.05, 0.1) is 0 Å². The maximum Gasteiger partial charge on any atom is 0.325 e. The molecule has 3 rings (SSSR count). The topological polar surface area (TPSA) is 96.4 Å². The van der Waals surface area contributed by atoms with Crippen LogP contribution in [-0.4, -0.2) is 24.7 Å². The molecule has 2 N–H and O–H groups in total. The molecule has 7 heteroatoms. The van der Waals surface area contributed by atoms with Gasteiger partial charge in [0.1, 0.15) is 11.6 Å². The Bertz CT molecular complexity index is 740. The normalized spacial score (nSPS) is 17.2. The third-order valence-electron chi connectivity index (χ3n) is 4.11. The summed E-state index contributed by atoms with van der Waals surface area (Å²) in [6, 6.07) is 1.39. The van der Waals surface area contributed by atoms with Crippen LogP contribution in [0.3, 0.4) is 0 Å². The van der Waals surface area contributed by atoms with Crippen LogP contribution in [0.2, 0.25) is 0 Å². The van der Waals surface area contributed by atoms with Crippen molar-refractivity contribution in [2.24, 2.45) is 5.41 Å². The van der Waals surface area contributed by atoms with Crippen molar-refractivity contribution in [3.8, 4) is 0 Å². The molecule has 0 saturated carbocycles. The molecule has 0 fully saturated rings. The minimum atomic E-state index is -0.491. The van der Waals surface area contributed by atoms with Crippen molar-refractivity contribution in [2.75, 3.05) is 0 Å². The largest absolute Gasteiger partial charge is 0.325 e. The molecule has 0 aromatic carbocycles. The van der Waals surface area contributed by atoms with Gasteiger partial charge in [-0.1, -0.05) is 13.8 Å². The second kappa shape index (κ2) is 4.98. The first kappa shape index (κ1) is 13.8. The highest BCUT2D eigenvalue weighted by Crippen LogP contribution is 2.30. The molecule has 7 nitrogen and oxygen atoms in total. The average Bonchev–Trinajstić information content (AvgIpc) is 2.68. The van der Waals surface area contributed by atoms with Crippen molar-refractivity contribution in [2.45, 2.75) is 46.1 Å². The lowest BCUT2D eigenvalue weighted by Gasteiger charge is -2.21. The van der Waals surface area contributed by atoms with Crippen molar-refractivity contribution in [3.05, 3.63) is 44.2 Å². The van der Waals surface area contributed by atoms with Gasteiger partial charge in [-0.15, -0.1) is 10.2 Å². The van der Waals surface area contributed by atoms with Gasteiger partial charge in [-0.3, -0.25) is 9.78 Å². The Morgan fingerprint density at radius 3 is 2.81 bits per heavy atom. The number of fused-ring (bicyclic) bond motifs is 1. The molecule has 21 heavy (non-hydrogen) atoms. The van der Waals surface area contributed by atoms with Crippen LogP contribution in [0.4, 0.5) is 0 Å². The molecule has 0 spiro atoms. The first-order valence-electron chi connectivity index (χ1n) is 7.16. The van der Waals surface area contributed by atoms with Crippen molar-refractivity contribution in [3.63, 3.8) is 0 Å². The maximum atomic E-state index is 11.4. The molecule has 0 bridgehead atoms. The highest BCUT2D eigenvalue weighted by Gasteiger charge is 2.25. The van der Waals surface area contributed by atoms with Crippen molar-refractivity contribution >= 4 is 0 Å². The van der Waals surface area contributed by atoms with Crippen molar-refractivity contribution in [1.82, 2.24) is 24.7 Å². The molecule has 112 valence electrons. The monoisotopic (exact) mass is 289 g/mol. The van der Waals surface area contributed by atoms with Crippen LogP contribution in [0.15, 0.2) is 15.7 Å². The van der Waals surface area contributed by atoms with E-state index in [1.165, 1.54) is 6.07 Å². The zero-order valence-electron chi connectivity index (χ0n) is 12.3. The lowest BCUT2D eigenvalue weighted by Crippen LogP contribution is -2.23. The molecule has 0 aliphatic carbocycles. The van der Waals surface area contributed by atoms with Crippen LogP contribution in [0.5, 0.6) is 0 Å². The molecule has 2 aromatic rings. The Morgan fingerprint density at radius 2 is 2.05 bits per heavy atom. The minimum Gasteiger partial charge on any atom is -0.315 e. The van der Waals surface area contributed by atoms with E-state index in [-0.39, 0.29) is 0 Å². The molecular formula is C14H19N5O2. The molecule has 0 saturated heterocycles. The predicted octanol–water partition coefficient (Wildman–Crippen LogP) is 0.608. The van der Waals surface area contributed by atoms with E-state index in [1.54, 1.807) is 0 Å². The van der Waals surface area contributed by atoms with Crippen LogP contribution in [0.1, 0.15) is 44.0 Å². The molecule has 1 aliphatic heterocycles. The standard InChI is InChI=1S/C14H19N5O2/c1-14(2)4-3-10-17-18-11(19(10)6-5-14)7-9-8-12(20)16-13(21)15-9/h8H,3-7H2,1-2H3,(H2,15,16,20,21). The summed E-state index contributed by atoms with van der Waals surface area (Å²) in [4.78, 5) is 27.5. The Morgan fingerprint density at radius 1 is 1.24 bits per heavy atom. The van der Waals surface area contributed by atoms with Crippen LogP contribution in [0, 0.1) is 5.41 Å². The molecule has 3 heterocycles. The van der Waals surface area contributed by atoms with Crippen LogP contribution in [0.25, 0.3) is 0 Å². The fraction of sp³-hybridized carbons (Fsp3) is 0.571. The average molecular weight is 289 g/mol. The van der Waals surface area contributed by atoms with Gasteiger partial charge in [0.2, 0.25) is 0 Å². The molecule has 0 atom stereocenters. The summed E-state index contributed by atoms with van der Waals surface area (Å²) in [7, 11) is 0. The van der Waals surface area contributed by atoms with Crippen molar-refractivity contribution in [1.29, 1.82) is 0 Å². The van der Waals surface area contributed by atoms with E-state index in [2.05, 4.69) is 38.6 Å². The Hall–Kier alpha value is -2.18.